The summed E-state index contributed by atoms with van der Waals surface area (Å²) in [5, 5.41) is 0. The van der Waals surface area contributed by atoms with Crippen LogP contribution >= 0.6 is 0 Å². The number of carbonyl (C=O) groups excluding carboxylic acids is 1. The van der Waals surface area contributed by atoms with Gasteiger partial charge in [0.25, 0.3) is 10.1 Å². The molecule has 8 heteroatoms. The van der Waals surface area contributed by atoms with Crippen molar-refractivity contribution in [2.75, 3.05) is 12.8 Å². The van der Waals surface area contributed by atoms with Crippen LogP contribution in [0.3, 0.4) is 0 Å². The number of carbonyl (C=O) groups is 1. The van der Waals surface area contributed by atoms with Gasteiger partial charge in [-0.15, -0.1) is 0 Å². The number of rotatable bonds is 3. The molecule has 0 spiro atoms. The lowest BCUT2D eigenvalue weighted by molar-refractivity contribution is 0.0223. The standard InChI is InChI=1S/C15H22N2O5S/c1-15(2,3)22-14(18)17-6-5-11-8-16-13(7-12(11)9-17)10-21-23(4,19)20/h7-8H,5-6,9-10H2,1-4H3. The topological polar surface area (TPSA) is 85.8 Å². The second-order valence-electron chi connectivity index (χ2n) is 6.56. The van der Waals surface area contributed by atoms with Gasteiger partial charge >= 0.3 is 6.09 Å². The summed E-state index contributed by atoms with van der Waals surface area (Å²) >= 11 is 0. The largest absolute Gasteiger partial charge is 0.444 e. The Morgan fingerprint density at radius 3 is 2.65 bits per heavy atom. The predicted molar refractivity (Wildman–Crippen MR) is 84.2 cm³/mol. The van der Waals surface area contributed by atoms with Crippen molar-refractivity contribution in [1.29, 1.82) is 0 Å². The highest BCUT2D eigenvalue weighted by Gasteiger charge is 2.26. The third-order valence-corrected chi connectivity index (χ3v) is 3.77. The first-order valence-corrected chi connectivity index (χ1v) is 9.14. The van der Waals surface area contributed by atoms with Crippen LogP contribution < -0.4 is 0 Å². The number of pyridine rings is 1. The average molecular weight is 342 g/mol. The molecule has 0 atom stereocenters. The van der Waals surface area contributed by atoms with E-state index < -0.39 is 15.7 Å². The maximum absolute atomic E-state index is 12.1. The minimum Gasteiger partial charge on any atom is -0.444 e. The average Bonchev–Trinajstić information content (AvgIpc) is 2.41. The van der Waals surface area contributed by atoms with Crippen LogP contribution in [-0.4, -0.2) is 42.8 Å². The van der Waals surface area contributed by atoms with Gasteiger partial charge in [0.15, 0.2) is 0 Å². The molecule has 0 saturated heterocycles. The number of nitrogens with zero attached hydrogens (tertiary/aromatic N) is 2. The maximum Gasteiger partial charge on any atom is 0.410 e. The van der Waals surface area contributed by atoms with Crippen LogP contribution in [0, 0.1) is 0 Å². The van der Waals surface area contributed by atoms with Crippen LogP contribution in [0.4, 0.5) is 4.79 Å². The van der Waals surface area contributed by atoms with Crippen molar-refractivity contribution in [2.24, 2.45) is 0 Å². The van der Waals surface area contributed by atoms with Crippen molar-refractivity contribution in [3.63, 3.8) is 0 Å². The fraction of sp³-hybridized carbons (Fsp3) is 0.600. The molecule has 0 fully saturated rings. The summed E-state index contributed by atoms with van der Waals surface area (Å²) in [5.41, 5.74) is 1.96. The summed E-state index contributed by atoms with van der Waals surface area (Å²) < 4.78 is 32.2. The van der Waals surface area contributed by atoms with E-state index >= 15 is 0 Å². The second-order valence-corrected chi connectivity index (χ2v) is 8.21. The van der Waals surface area contributed by atoms with E-state index in [0.717, 1.165) is 17.4 Å². The van der Waals surface area contributed by atoms with E-state index in [2.05, 4.69) is 4.98 Å². The van der Waals surface area contributed by atoms with Gasteiger partial charge in [0.05, 0.1) is 11.9 Å². The van der Waals surface area contributed by atoms with Crippen LogP contribution in [0.1, 0.15) is 37.6 Å². The third-order valence-electron chi connectivity index (χ3n) is 3.22. The highest BCUT2D eigenvalue weighted by molar-refractivity contribution is 7.85. The zero-order chi connectivity index (χ0) is 17.3. The van der Waals surface area contributed by atoms with Gasteiger partial charge in [-0.2, -0.15) is 8.42 Å². The van der Waals surface area contributed by atoms with Gasteiger partial charge in [0.1, 0.15) is 12.2 Å². The van der Waals surface area contributed by atoms with Gasteiger partial charge in [-0.05, 0) is 44.4 Å². The van der Waals surface area contributed by atoms with E-state index in [0.29, 0.717) is 25.2 Å². The molecular weight excluding hydrogens is 320 g/mol. The Labute approximate surface area is 136 Å². The molecule has 0 N–H and O–H groups in total. The SMILES string of the molecule is CC(C)(C)OC(=O)N1CCc2cnc(COS(C)(=O)=O)cc2C1. The number of ether oxygens (including phenoxy) is 1. The third kappa shape index (κ3) is 5.47. The second kappa shape index (κ2) is 6.45. The summed E-state index contributed by atoms with van der Waals surface area (Å²) in [4.78, 5) is 18.0. The molecule has 0 aromatic carbocycles. The molecule has 1 aromatic heterocycles. The van der Waals surface area contributed by atoms with E-state index in [4.69, 9.17) is 8.92 Å². The highest BCUT2D eigenvalue weighted by Crippen LogP contribution is 2.21. The molecule has 7 nitrogen and oxygen atoms in total. The number of hydrogen-bond donors (Lipinski definition) is 0. The highest BCUT2D eigenvalue weighted by atomic mass is 32.2. The van der Waals surface area contributed by atoms with E-state index in [-0.39, 0.29) is 12.7 Å². The monoisotopic (exact) mass is 342 g/mol. The van der Waals surface area contributed by atoms with Crippen molar-refractivity contribution in [1.82, 2.24) is 9.88 Å². The first-order valence-electron chi connectivity index (χ1n) is 7.32. The molecule has 1 aliphatic heterocycles. The van der Waals surface area contributed by atoms with Crippen LogP contribution in [0.2, 0.25) is 0 Å². The number of hydrogen-bond acceptors (Lipinski definition) is 6. The summed E-state index contributed by atoms with van der Waals surface area (Å²) in [6, 6.07) is 1.77. The van der Waals surface area contributed by atoms with E-state index in [9.17, 15) is 13.2 Å². The van der Waals surface area contributed by atoms with E-state index in [1.807, 2.05) is 20.8 Å². The van der Waals surface area contributed by atoms with Gasteiger partial charge in [-0.3, -0.25) is 9.17 Å². The molecule has 23 heavy (non-hydrogen) atoms. The lowest BCUT2D eigenvalue weighted by Crippen LogP contribution is -2.40. The fourth-order valence-electron chi connectivity index (χ4n) is 2.22. The molecule has 0 unspecified atom stereocenters. The Kier molecular flexibility index (Phi) is 4.95. The van der Waals surface area contributed by atoms with Crippen molar-refractivity contribution >= 4 is 16.2 Å². The van der Waals surface area contributed by atoms with Gasteiger partial charge < -0.3 is 9.64 Å². The molecule has 0 saturated carbocycles. The molecule has 2 rings (SSSR count). The number of fused-ring (bicyclic) bond motifs is 1. The van der Waals surface area contributed by atoms with Crippen molar-refractivity contribution < 1.29 is 22.1 Å². The van der Waals surface area contributed by atoms with E-state index in [1.54, 1.807) is 17.2 Å². The van der Waals surface area contributed by atoms with Crippen molar-refractivity contribution in [3.05, 3.63) is 29.1 Å². The zero-order valence-electron chi connectivity index (χ0n) is 13.8. The molecule has 1 aromatic rings. The molecule has 1 aliphatic rings. The Hall–Kier alpha value is -1.67. The Morgan fingerprint density at radius 2 is 2.04 bits per heavy atom. The summed E-state index contributed by atoms with van der Waals surface area (Å²) in [7, 11) is -3.51. The van der Waals surface area contributed by atoms with Crippen LogP contribution in [0.25, 0.3) is 0 Å². The van der Waals surface area contributed by atoms with Gasteiger partial charge in [0.2, 0.25) is 0 Å². The summed E-state index contributed by atoms with van der Waals surface area (Å²) in [6.07, 6.45) is 3.04. The van der Waals surface area contributed by atoms with E-state index in [1.165, 1.54) is 0 Å². The van der Waals surface area contributed by atoms with Crippen LogP contribution in [0.5, 0.6) is 0 Å². The first kappa shape index (κ1) is 17.7. The molecule has 0 bridgehead atoms. The number of amides is 1. The minimum atomic E-state index is -3.51. The summed E-state index contributed by atoms with van der Waals surface area (Å²) in [5.74, 6) is 0. The van der Waals surface area contributed by atoms with Gasteiger partial charge in [-0.1, -0.05) is 0 Å². The Balaban J connectivity index is 2.08. The predicted octanol–water partition coefficient (Wildman–Crippen LogP) is 1.85. The molecular formula is C15H22N2O5S. The maximum atomic E-state index is 12.1. The zero-order valence-corrected chi connectivity index (χ0v) is 14.6. The van der Waals surface area contributed by atoms with Gasteiger partial charge in [0, 0.05) is 19.3 Å². The quantitative estimate of drug-likeness (QED) is 0.779. The van der Waals surface area contributed by atoms with Crippen molar-refractivity contribution in [2.45, 2.75) is 45.9 Å². The van der Waals surface area contributed by atoms with Crippen molar-refractivity contribution in [3.8, 4) is 0 Å². The molecule has 1 amide bonds. The van der Waals surface area contributed by atoms with Gasteiger partial charge in [-0.25, -0.2) is 4.79 Å². The molecule has 128 valence electrons. The normalized spacial score (nSPS) is 15.2. The Morgan fingerprint density at radius 1 is 1.35 bits per heavy atom. The first-order chi connectivity index (χ1) is 10.5. The molecule has 0 aliphatic carbocycles. The molecule has 0 radical (unpaired) electrons. The minimum absolute atomic E-state index is 0.113. The Bertz CT molecular complexity index is 694. The van der Waals surface area contributed by atoms with Crippen LogP contribution in [0.15, 0.2) is 12.3 Å². The lowest BCUT2D eigenvalue weighted by atomic mass is 10.0. The van der Waals surface area contributed by atoms with Crippen LogP contribution in [-0.2, 0) is 38.6 Å². The summed E-state index contributed by atoms with van der Waals surface area (Å²) in [6.45, 7) is 6.36. The lowest BCUT2D eigenvalue weighted by Gasteiger charge is -2.31. The fourth-order valence-corrected chi connectivity index (χ4v) is 2.55. The number of aromatic nitrogens is 1. The molecule has 2 heterocycles. The smallest absolute Gasteiger partial charge is 0.410 e.